The third kappa shape index (κ3) is 6.32. The number of aromatic nitrogens is 2. The molecule has 0 unspecified atom stereocenters. The molecular formula is C59H52N4Pt. The van der Waals surface area contributed by atoms with Gasteiger partial charge in [-0.25, -0.2) is 4.98 Å². The Morgan fingerprint density at radius 2 is 1.20 bits per heavy atom. The van der Waals surface area contributed by atoms with Crippen LogP contribution in [0.2, 0.25) is 0 Å². The number of rotatable bonds is 7. The molecule has 0 N–H and O–H groups in total. The molecular weight excluding hydrogens is 960 g/mol. The van der Waals surface area contributed by atoms with Crippen LogP contribution in [0.5, 0.6) is 0 Å². The second-order valence-electron chi connectivity index (χ2n) is 19.0. The number of pyridine rings is 1. The van der Waals surface area contributed by atoms with E-state index < -0.39 is 5.41 Å². The first kappa shape index (κ1) is 41.8. The summed E-state index contributed by atoms with van der Waals surface area (Å²) in [7, 11) is 0. The average molecular weight is 1010 g/mol. The van der Waals surface area contributed by atoms with E-state index in [1.165, 1.54) is 61.3 Å². The summed E-state index contributed by atoms with van der Waals surface area (Å²) in [5, 5.41) is 2.33. The Hall–Kier alpha value is -6.22. The molecule has 11 rings (SSSR count). The number of benzene rings is 7. The van der Waals surface area contributed by atoms with E-state index in [4.69, 9.17) is 4.98 Å². The predicted octanol–water partition coefficient (Wildman–Crippen LogP) is 14.8. The number of anilines is 3. The summed E-state index contributed by atoms with van der Waals surface area (Å²) in [6, 6.07) is 66.3. The number of nitrogens with zero attached hydrogens (tertiary/aromatic N) is 4. The maximum Gasteiger partial charge on any atom is 2.00 e. The first-order chi connectivity index (χ1) is 30.6. The smallest absolute Gasteiger partial charge is 0.347 e. The molecule has 4 nitrogen and oxygen atoms in total. The van der Waals surface area contributed by atoms with Gasteiger partial charge >= 0.3 is 21.1 Å². The van der Waals surface area contributed by atoms with Gasteiger partial charge in [0.05, 0.1) is 18.0 Å². The van der Waals surface area contributed by atoms with Gasteiger partial charge < -0.3 is 14.4 Å². The van der Waals surface area contributed by atoms with E-state index in [1.54, 1.807) is 0 Å². The molecule has 0 saturated carbocycles. The summed E-state index contributed by atoms with van der Waals surface area (Å²) in [4.78, 5) is 10.1. The van der Waals surface area contributed by atoms with Gasteiger partial charge in [-0.2, -0.15) is 36.4 Å². The zero-order valence-electron chi connectivity index (χ0n) is 37.6. The molecule has 5 heteroatoms. The number of hydrogen-bond donors (Lipinski definition) is 0. The Morgan fingerprint density at radius 3 is 1.89 bits per heavy atom. The SMILES string of the molecule is CC(C)c1cccc(C(C)C)c1-c1ccnc(-n2c3[c-]c(C4(c5[c-]c(N6CN(C(C)(C)C)c7ccccc76)ccc5)c5ccccc5-c5ccccc54)ccc3c3ccccc32)c1.[Pt+2]. The van der Waals surface area contributed by atoms with Crippen LogP contribution in [-0.4, -0.2) is 21.8 Å². The van der Waals surface area contributed by atoms with Crippen molar-refractivity contribution in [2.24, 2.45) is 0 Å². The monoisotopic (exact) mass is 1010 g/mol. The first-order valence-corrected chi connectivity index (χ1v) is 22.5. The van der Waals surface area contributed by atoms with Crippen molar-refractivity contribution in [2.45, 2.75) is 71.3 Å². The van der Waals surface area contributed by atoms with Gasteiger partial charge in [0, 0.05) is 22.7 Å². The van der Waals surface area contributed by atoms with Gasteiger partial charge in [0.15, 0.2) is 0 Å². The van der Waals surface area contributed by atoms with Crippen molar-refractivity contribution >= 4 is 38.9 Å². The third-order valence-corrected chi connectivity index (χ3v) is 13.6. The van der Waals surface area contributed by atoms with Crippen LogP contribution in [0, 0.1) is 12.1 Å². The van der Waals surface area contributed by atoms with E-state index in [-0.39, 0.29) is 26.6 Å². The molecule has 0 radical (unpaired) electrons. The fourth-order valence-electron chi connectivity index (χ4n) is 10.7. The molecule has 7 aromatic carbocycles. The molecule has 64 heavy (non-hydrogen) atoms. The van der Waals surface area contributed by atoms with Gasteiger partial charge in [0.2, 0.25) is 0 Å². The molecule has 1 aliphatic carbocycles. The van der Waals surface area contributed by atoms with Crippen LogP contribution in [0.15, 0.2) is 164 Å². The van der Waals surface area contributed by atoms with Crippen LogP contribution in [0.3, 0.4) is 0 Å². The van der Waals surface area contributed by atoms with Gasteiger partial charge in [-0.15, -0.1) is 22.6 Å². The van der Waals surface area contributed by atoms with Crippen molar-refractivity contribution in [1.29, 1.82) is 0 Å². The molecule has 0 amide bonds. The van der Waals surface area contributed by atoms with Gasteiger partial charge in [0.25, 0.3) is 0 Å². The second-order valence-corrected chi connectivity index (χ2v) is 19.0. The van der Waals surface area contributed by atoms with Crippen molar-refractivity contribution < 1.29 is 21.1 Å². The molecule has 0 saturated heterocycles. The van der Waals surface area contributed by atoms with Crippen molar-refractivity contribution in [2.75, 3.05) is 16.5 Å². The summed E-state index contributed by atoms with van der Waals surface area (Å²) in [5.41, 5.74) is 17.2. The maximum absolute atomic E-state index is 5.16. The van der Waals surface area contributed by atoms with Crippen molar-refractivity contribution in [1.82, 2.24) is 9.55 Å². The van der Waals surface area contributed by atoms with Crippen LogP contribution in [-0.2, 0) is 26.5 Å². The number of fused-ring (bicyclic) bond motifs is 7. The Balaban J connectivity index is 0.00000484. The van der Waals surface area contributed by atoms with Gasteiger partial charge in [0.1, 0.15) is 5.82 Å². The minimum atomic E-state index is -0.709. The third-order valence-electron chi connectivity index (χ3n) is 13.6. The summed E-state index contributed by atoms with van der Waals surface area (Å²) >= 11 is 0. The van der Waals surface area contributed by atoms with E-state index in [0.717, 1.165) is 45.7 Å². The molecule has 3 heterocycles. The molecule has 2 aromatic heterocycles. The normalized spacial score (nSPS) is 14.0. The van der Waals surface area contributed by atoms with Crippen molar-refractivity contribution in [3.63, 3.8) is 0 Å². The van der Waals surface area contributed by atoms with Crippen LogP contribution < -0.4 is 9.80 Å². The first-order valence-electron chi connectivity index (χ1n) is 22.5. The van der Waals surface area contributed by atoms with E-state index in [2.05, 4.69) is 233 Å². The van der Waals surface area contributed by atoms with Crippen LogP contribution in [0.1, 0.15) is 93.7 Å². The minimum Gasteiger partial charge on any atom is -0.347 e. The Kier molecular flexibility index (Phi) is 10.3. The standard InChI is InChI=1S/C59H52N4.Pt/c1-38(2)44-23-17-24-45(39(3)4)57(44)40-32-33-60-56(34-40)63-52-27-13-10-22-48(52)49-31-30-42(36-55(49)63)59(50-25-11-8-20-46(50)47-21-9-12-26-51(47)59)41-18-16-19-43(35-41)61-37-62(58(5,6)7)54-29-15-14-28-53(54)61;/h8-34,38-39H,37H2,1-7H3;/q-2;+2. The average Bonchev–Trinajstić information content (AvgIpc) is 3.96. The van der Waals surface area contributed by atoms with Crippen molar-refractivity contribution in [3.05, 3.63) is 209 Å². The Morgan fingerprint density at radius 1 is 0.594 bits per heavy atom. The molecule has 0 atom stereocenters. The summed E-state index contributed by atoms with van der Waals surface area (Å²) in [6.07, 6.45) is 1.99. The molecule has 318 valence electrons. The summed E-state index contributed by atoms with van der Waals surface area (Å²) in [5.74, 6) is 1.63. The van der Waals surface area contributed by atoms with Gasteiger partial charge in [-0.3, -0.25) is 0 Å². The van der Waals surface area contributed by atoms with E-state index >= 15 is 0 Å². The molecule has 2 aliphatic rings. The van der Waals surface area contributed by atoms with Crippen LogP contribution in [0.4, 0.5) is 17.1 Å². The number of para-hydroxylation sites is 3. The largest absolute Gasteiger partial charge is 2.00 e. The van der Waals surface area contributed by atoms with E-state index in [1.807, 2.05) is 6.20 Å². The van der Waals surface area contributed by atoms with Crippen LogP contribution in [0.25, 0.3) is 49.9 Å². The molecule has 1 aliphatic heterocycles. The number of hydrogen-bond acceptors (Lipinski definition) is 3. The van der Waals surface area contributed by atoms with Gasteiger partial charge in [-0.1, -0.05) is 136 Å². The fourth-order valence-corrected chi connectivity index (χ4v) is 10.7. The molecule has 0 fully saturated rings. The van der Waals surface area contributed by atoms with E-state index in [0.29, 0.717) is 11.8 Å². The zero-order valence-corrected chi connectivity index (χ0v) is 39.8. The quantitative estimate of drug-likeness (QED) is 0.149. The minimum absolute atomic E-state index is 0. The Labute approximate surface area is 392 Å². The molecule has 0 bridgehead atoms. The zero-order chi connectivity index (χ0) is 43.2. The second kappa shape index (κ2) is 15.8. The fraction of sp³-hybridized carbons (Fsp3) is 0.203. The molecule has 9 aromatic rings. The van der Waals surface area contributed by atoms with Crippen LogP contribution >= 0.6 is 0 Å². The van der Waals surface area contributed by atoms with Gasteiger partial charge in [-0.05, 0) is 113 Å². The topological polar surface area (TPSA) is 24.3 Å². The summed E-state index contributed by atoms with van der Waals surface area (Å²) < 4.78 is 2.34. The van der Waals surface area contributed by atoms with Crippen molar-refractivity contribution in [3.8, 4) is 28.1 Å². The maximum atomic E-state index is 5.16. The molecule has 0 spiro atoms. The Bertz CT molecular complexity index is 3170. The predicted molar refractivity (Wildman–Crippen MR) is 263 cm³/mol. The summed E-state index contributed by atoms with van der Waals surface area (Å²) in [6.45, 7) is 16.8. The van der Waals surface area contributed by atoms with E-state index in [9.17, 15) is 0 Å².